The van der Waals surface area contributed by atoms with E-state index in [2.05, 4.69) is 16.0 Å². The van der Waals surface area contributed by atoms with Gasteiger partial charge >= 0.3 is 6.03 Å². The highest BCUT2D eigenvalue weighted by Gasteiger charge is 2.21. The maximum atomic E-state index is 12.4. The number of fused-ring (bicyclic) bond motifs is 1. The van der Waals surface area contributed by atoms with E-state index in [1.807, 2.05) is 6.07 Å². The minimum atomic E-state index is -0.320. The highest BCUT2D eigenvalue weighted by Crippen LogP contribution is 2.25. The number of phenols is 1. The zero-order valence-corrected chi connectivity index (χ0v) is 17.9. The van der Waals surface area contributed by atoms with Gasteiger partial charge in [0, 0.05) is 24.9 Å². The Bertz CT molecular complexity index is 975. The SMILES string of the molecule is O=C(Nc1ccc(C(=O)NCC2CCCO2)c(Cl)c1)NC1CCc2cc(O)ccc2C1. The van der Waals surface area contributed by atoms with Crippen molar-refractivity contribution >= 4 is 29.2 Å². The molecule has 0 spiro atoms. The fourth-order valence-electron chi connectivity index (χ4n) is 4.10. The fraction of sp³-hybridized carbons (Fsp3) is 0.391. The standard InChI is InChI=1S/C23H26ClN3O4/c24-21-12-17(6-8-20(21)22(29)25-13-19-2-1-9-31-19)27-23(30)26-16-5-3-15-11-18(28)7-4-14(15)10-16/h4,6-8,11-12,16,19,28H,1-3,5,9-10,13H2,(H,25,29)(H2,26,27,30). The molecule has 1 aliphatic heterocycles. The number of amides is 3. The number of ether oxygens (including phenoxy) is 1. The third-order valence-electron chi connectivity index (χ3n) is 5.74. The molecule has 4 rings (SSSR count). The first-order chi connectivity index (χ1) is 15.0. The van der Waals surface area contributed by atoms with Crippen molar-refractivity contribution in [2.75, 3.05) is 18.5 Å². The lowest BCUT2D eigenvalue weighted by Gasteiger charge is -2.25. The zero-order chi connectivity index (χ0) is 21.8. The van der Waals surface area contributed by atoms with Gasteiger partial charge in [-0.05, 0) is 73.6 Å². The molecule has 2 aromatic carbocycles. The minimum absolute atomic E-state index is 0.00960. The van der Waals surface area contributed by atoms with Gasteiger partial charge in [0.2, 0.25) is 0 Å². The highest BCUT2D eigenvalue weighted by atomic mass is 35.5. The summed E-state index contributed by atoms with van der Waals surface area (Å²) in [5.74, 6) is 0.00666. The lowest BCUT2D eigenvalue weighted by atomic mass is 9.88. The molecule has 7 nitrogen and oxygen atoms in total. The topological polar surface area (TPSA) is 99.7 Å². The molecule has 2 aromatic rings. The molecular weight excluding hydrogens is 418 g/mol. The van der Waals surface area contributed by atoms with Crippen LogP contribution >= 0.6 is 11.6 Å². The summed E-state index contributed by atoms with van der Waals surface area (Å²) in [5, 5.41) is 18.5. The fourth-order valence-corrected chi connectivity index (χ4v) is 4.37. The summed E-state index contributed by atoms with van der Waals surface area (Å²) in [5.41, 5.74) is 3.13. The average Bonchev–Trinajstić information content (AvgIpc) is 3.26. The van der Waals surface area contributed by atoms with E-state index in [4.69, 9.17) is 16.3 Å². The number of urea groups is 1. The van der Waals surface area contributed by atoms with E-state index in [0.717, 1.165) is 43.4 Å². The van der Waals surface area contributed by atoms with Crippen LogP contribution in [-0.4, -0.2) is 42.3 Å². The molecule has 8 heteroatoms. The van der Waals surface area contributed by atoms with Gasteiger partial charge in [0.15, 0.2) is 0 Å². The second-order valence-corrected chi connectivity index (χ2v) is 8.44. The first-order valence-corrected chi connectivity index (χ1v) is 10.9. The highest BCUT2D eigenvalue weighted by molar-refractivity contribution is 6.34. The number of nitrogens with one attached hydrogen (secondary N) is 3. The Labute approximate surface area is 186 Å². The van der Waals surface area contributed by atoms with E-state index in [1.165, 1.54) is 0 Å². The van der Waals surface area contributed by atoms with Crippen LogP contribution in [0.4, 0.5) is 10.5 Å². The molecule has 0 aromatic heterocycles. The Morgan fingerprint density at radius 2 is 2.00 bits per heavy atom. The summed E-state index contributed by atoms with van der Waals surface area (Å²) < 4.78 is 5.51. The van der Waals surface area contributed by atoms with Gasteiger partial charge in [-0.3, -0.25) is 4.79 Å². The molecule has 0 radical (unpaired) electrons. The Morgan fingerprint density at radius 1 is 1.13 bits per heavy atom. The Balaban J connectivity index is 1.29. The predicted molar refractivity (Wildman–Crippen MR) is 119 cm³/mol. The van der Waals surface area contributed by atoms with E-state index in [-0.39, 0.29) is 34.9 Å². The average molecular weight is 444 g/mol. The summed E-state index contributed by atoms with van der Waals surface area (Å²) >= 11 is 6.28. The van der Waals surface area contributed by atoms with Crippen LogP contribution in [0.25, 0.3) is 0 Å². The molecule has 2 unspecified atom stereocenters. The summed E-state index contributed by atoms with van der Waals surface area (Å²) in [6, 6.07) is 9.87. The van der Waals surface area contributed by atoms with Crippen molar-refractivity contribution in [3.8, 4) is 5.75 Å². The van der Waals surface area contributed by atoms with E-state index in [1.54, 1.807) is 30.3 Å². The second kappa shape index (κ2) is 9.58. The third-order valence-corrected chi connectivity index (χ3v) is 6.05. The quantitative estimate of drug-likeness (QED) is 0.567. The maximum absolute atomic E-state index is 12.4. The first kappa shape index (κ1) is 21.5. The van der Waals surface area contributed by atoms with Crippen molar-refractivity contribution in [1.29, 1.82) is 0 Å². The number of phenolic OH excluding ortho intramolecular Hbond substituents is 1. The van der Waals surface area contributed by atoms with Gasteiger partial charge in [-0.2, -0.15) is 0 Å². The number of aryl methyl sites for hydroxylation is 1. The van der Waals surface area contributed by atoms with Gasteiger partial charge in [0.25, 0.3) is 5.91 Å². The van der Waals surface area contributed by atoms with E-state index in [9.17, 15) is 14.7 Å². The first-order valence-electron chi connectivity index (χ1n) is 10.6. The van der Waals surface area contributed by atoms with Crippen LogP contribution in [0.2, 0.25) is 5.02 Å². The number of aromatic hydroxyl groups is 1. The van der Waals surface area contributed by atoms with E-state index >= 15 is 0 Å². The van der Waals surface area contributed by atoms with Crippen molar-refractivity contribution in [3.05, 3.63) is 58.1 Å². The second-order valence-electron chi connectivity index (χ2n) is 8.03. The molecule has 2 aliphatic rings. The summed E-state index contributed by atoms with van der Waals surface area (Å²) in [7, 11) is 0. The van der Waals surface area contributed by atoms with Gasteiger partial charge in [-0.1, -0.05) is 17.7 Å². The van der Waals surface area contributed by atoms with Gasteiger partial charge < -0.3 is 25.8 Å². The number of carbonyl (C=O) groups excluding carboxylic acids is 2. The molecule has 3 amide bonds. The minimum Gasteiger partial charge on any atom is -0.508 e. The number of halogens is 1. The Hall–Kier alpha value is -2.77. The molecule has 1 saturated heterocycles. The summed E-state index contributed by atoms with van der Waals surface area (Å²) in [4.78, 5) is 24.8. The number of benzene rings is 2. The number of rotatable bonds is 5. The zero-order valence-electron chi connectivity index (χ0n) is 17.1. The van der Waals surface area contributed by atoms with Gasteiger partial charge in [-0.15, -0.1) is 0 Å². The molecular formula is C23H26ClN3O4. The molecule has 1 aliphatic carbocycles. The molecule has 0 saturated carbocycles. The smallest absolute Gasteiger partial charge is 0.319 e. The molecule has 1 heterocycles. The van der Waals surface area contributed by atoms with Gasteiger partial charge in [-0.25, -0.2) is 4.79 Å². The summed E-state index contributed by atoms with van der Waals surface area (Å²) in [6.07, 6.45) is 4.34. The van der Waals surface area contributed by atoms with Gasteiger partial charge in [0.1, 0.15) is 5.75 Å². The van der Waals surface area contributed by atoms with E-state index in [0.29, 0.717) is 24.2 Å². The molecule has 2 atom stereocenters. The van der Waals surface area contributed by atoms with Crippen molar-refractivity contribution in [2.24, 2.45) is 0 Å². The predicted octanol–water partition coefficient (Wildman–Crippen LogP) is 3.63. The normalized spacial score (nSPS) is 20.0. The van der Waals surface area contributed by atoms with Gasteiger partial charge in [0.05, 0.1) is 16.7 Å². The van der Waals surface area contributed by atoms with Crippen LogP contribution in [0.3, 0.4) is 0 Å². The van der Waals surface area contributed by atoms with Crippen LogP contribution in [0, 0.1) is 0 Å². The number of anilines is 1. The van der Waals surface area contributed by atoms with Crippen LogP contribution in [-0.2, 0) is 17.6 Å². The monoisotopic (exact) mass is 443 g/mol. The Kier molecular flexibility index (Phi) is 6.63. The van der Waals surface area contributed by atoms with Crippen LogP contribution < -0.4 is 16.0 Å². The largest absolute Gasteiger partial charge is 0.508 e. The summed E-state index contributed by atoms with van der Waals surface area (Å²) in [6.45, 7) is 1.20. The van der Waals surface area contributed by atoms with Crippen LogP contribution in [0.15, 0.2) is 36.4 Å². The molecule has 4 N–H and O–H groups in total. The third kappa shape index (κ3) is 5.48. The van der Waals surface area contributed by atoms with Crippen molar-refractivity contribution in [1.82, 2.24) is 10.6 Å². The van der Waals surface area contributed by atoms with Crippen molar-refractivity contribution in [3.63, 3.8) is 0 Å². The molecule has 0 bridgehead atoms. The van der Waals surface area contributed by atoms with Crippen LogP contribution in [0.5, 0.6) is 5.75 Å². The lowest BCUT2D eigenvalue weighted by molar-refractivity contribution is 0.0858. The van der Waals surface area contributed by atoms with Crippen molar-refractivity contribution < 1.29 is 19.4 Å². The lowest BCUT2D eigenvalue weighted by Crippen LogP contribution is -2.41. The number of carbonyl (C=O) groups is 2. The molecule has 1 fully saturated rings. The Morgan fingerprint density at radius 3 is 2.77 bits per heavy atom. The molecule has 31 heavy (non-hydrogen) atoms. The maximum Gasteiger partial charge on any atom is 0.319 e. The molecule has 164 valence electrons. The van der Waals surface area contributed by atoms with E-state index < -0.39 is 0 Å². The number of hydrogen-bond acceptors (Lipinski definition) is 4. The van der Waals surface area contributed by atoms with Crippen molar-refractivity contribution in [2.45, 2.75) is 44.2 Å². The number of hydrogen-bond donors (Lipinski definition) is 4. The van der Waals surface area contributed by atoms with Crippen LogP contribution in [0.1, 0.15) is 40.7 Å².